The summed E-state index contributed by atoms with van der Waals surface area (Å²) in [6, 6.07) is 3.56. The van der Waals surface area contributed by atoms with Gasteiger partial charge in [0.2, 0.25) is 0 Å². The molecule has 0 radical (unpaired) electrons. The van der Waals surface area contributed by atoms with Crippen molar-refractivity contribution in [2.45, 2.75) is 33.6 Å². The van der Waals surface area contributed by atoms with E-state index in [1.54, 1.807) is 18.4 Å². The van der Waals surface area contributed by atoms with Crippen molar-refractivity contribution in [2.75, 3.05) is 0 Å². The summed E-state index contributed by atoms with van der Waals surface area (Å²) in [5.74, 6) is 0.0946. The average Bonchev–Trinajstić information content (AvgIpc) is 2.79. The van der Waals surface area contributed by atoms with Gasteiger partial charge < -0.3 is 9.73 Å². The standard InChI is InChI=1S/C15H17NO3/c1-8-13(10(3)17)15(12-6-5-7-19-12)14(11(4)18)9(2)16-8/h5-7,15-16H,1-4H3. The summed E-state index contributed by atoms with van der Waals surface area (Å²) in [4.78, 5) is 23.8. The van der Waals surface area contributed by atoms with E-state index in [0.717, 1.165) is 11.4 Å². The average molecular weight is 259 g/mol. The van der Waals surface area contributed by atoms with Gasteiger partial charge in [-0.1, -0.05) is 0 Å². The van der Waals surface area contributed by atoms with Crippen molar-refractivity contribution in [2.24, 2.45) is 0 Å². The minimum absolute atomic E-state index is 0.0577. The predicted octanol–water partition coefficient (Wildman–Crippen LogP) is 2.69. The Hall–Kier alpha value is -2.10. The van der Waals surface area contributed by atoms with Crippen LogP contribution in [0.1, 0.15) is 39.4 Å². The highest BCUT2D eigenvalue weighted by molar-refractivity contribution is 6.03. The third-order valence-electron chi connectivity index (χ3n) is 3.35. The Morgan fingerprint density at radius 2 is 1.63 bits per heavy atom. The first-order chi connectivity index (χ1) is 8.93. The van der Waals surface area contributed by atoms with Gasteiger partial charge >= 0.3 is 0 Å². The van der Waals surface area contributed by atoms with Crippen molar-refractivity contribution in [3.63, 3.8) is 0 Å². The van der Waals surface area contributed by atoms with Crippen molar-refractivity contribution < 1.29 is 14.0 Å². The van der Waals surface area contributed by atoms with Crippen LogP contribution in [-0.4, -0.2) is 11.6 Å². The summed E-state index contributed by atoms with van der Waals surface area (Å²) in [6.45, 7) is 6.70. The zero-order valence-corrected chi connectivity index (χ0v) is 11.5. The number of furan rings is 1. The molecule has 1 aromatic heterocycles. The second-order valence-electron chi connectivity index (χ2n) is 4.76. The number of allylic oxidation sites excluding steroid dienone is 4. The van der Waals surface area contributed by atoms with Gasteiger partial charge in [0.15, 0.2) is 11.6 Å². The fourth-order valence-electron chi connectivity index (χ4n) is 2.67. The van der Waals surface area contributed by atoms with E-state index in [9.17, 15) is 9.59 Å². The highest BCUT2D eigenvalue weighted by Gasteiger charge is 2.34. The molecule has 0 atom stereocenters. The summed E-state index contributed by atoms with van der Waals surface area (Å²) < 4.78 is 5.43. The lowest BCUT2D eigenvalue weighted by atomic mass is 9.80. The summed E-state index contributed by atoms with van der Waals surface area (Å²) >= 11 is 0. The lowest BCUT2D eigenvalue weighted by Gasteiger charge is -2.28. The molecule has 4 heteroatoms. The lowest BCUT2D eigenvalue weighted by Crippen LogP contribution is -2.29. The summed E-state index contributed by atoms with van der Waals surface area (Å²) in [6.07, 6.45) is 1.55. The molecule has 0 amide bonds. The molecule has 1 aromatic rings. The van der Waals surface area contributed by atoms with Crippen molar-refractivity contribution in [1.82, 2.24) is 5.32 Å². The molecule has 1 aliphatic rings. The first-order valence-electron chi connectivity index (χ1n) is 6.17. The minimum Gasteiger partial charge on any atom is -0.468 e. The molecular weight excluding hydrogens is 242 g/mol. The number of hydrogen-bond donors (Lipinski definition) is 1. The molecule has 0 saturated heterocycles. The SMILES string of the molecule is CC(=O)C1=C(C)NC(C)=C(C(C)=O)C1c1ccco1. The van der Waals surface area contributed by atoms with Gasteiger partial charge in [0.1, 0.15) is 5.76 Å². The van der Waals surface area contributed by atoms with Gasteiger partial charge in [0.05, 0.1) is 12.2 Å². The number of carbonyl (C=O) groups excluding carboxylic acids is 2. The number of rotatable bonds is 3. The third kappa shape index (κ3) is 2.26. The molecule has 0 fully saturated rings. The van der Waals surface area contributed by atoms with E-state index >= 15 is 0 Å². The second kappa shape index (κ2) is 4.88. The van der Waals surface area contributed by atoms with Crippen molar-refractivity contribution >= 4 is 11.6 Å². The Kier molecular flexibility index (Phi) is 3.42. The Morgan fingerprint density at radius 1 is 1.11 bits per heavy atom. The van der Waals surface area contributed by atoms with Crippen molar-refractivity contribution in [1.29, 1.82) is 0 Å². The number of dihydropyridines is 1. The lowest BCUT2D eigenvalue weighted by molar-refractivity contribution is -0.114. The van der Waals surface area contributed by atoms with Crippen LogP contribution in [0, 0.1) is 0 Å². The summed E-state index contributed by atoms with van der Waals surface area (Å²) in [7, 11) is 0. The molecule has 2 heterocycles. The Labute approximate surface area is 112 Å². The van der Waals surface area contributed by atoms with Crippen LogP contribution in [-0.2, 0) is 9.59 Å². The number of ketones is 2. The molecule has 4 nitrogen and oxygen atoms in total. The number of Topliss-reactive ketones (excluding diaryl/α,β-unsaturated/α-hetero) is 2. The van der Waals surface area contributed by atoms with E-state index in [1.807, 2.05) is 13.8 Å². The zero-order chi connectivity index (χ0) is 14.2. The predicted molar refractivity (Wildman–Crippen MR) is 71.3 cm³/mol. The topological polar surface area (TPSA) is 59.3 Å². The van der Waals surface area contributed by atoms with Gasteiger partial charge in [-0.15, -0.1) is 0 Å². The molecule has 19 heavy (non-hydrogen) atoms. The van der Waals surface area contributed by atoms with Crippen LogP contribution in [0.15, 0.2) is 45.4 Å². The largest absolute Gasteiger partial charge is 0.468 e. The molecule has 0 saturated carbocycles. The van der Waals surface area contributed by atoms with E-state index < -0.39 is 5.92 Å². The van der Waals surface area contributed by atoms with Crippen LogP contribution in [0.4, 0.5) is 0 Å². The smallest absolute Gasteiger partial charge is 0.158 e. The van der Waals surface area contributed by atoms with Crippen LogP contribution in [0.3, 0.4) is 0 Å². The van der Waals surface area contributed by atoms with Gasteiger partial charge in [-0.3, -0.25) is 9.59 Å². The maximum Gasteiger partial charge on any atom is 0.158 e. The first kappa shape index (κ1) is 13.3. The van der Waals surface area contributed by atoms with Gasteiger partial charge in [0, 0.05) is 22.5 Å². The molecule has 100 valence electrons. The summed E-state index contributed by atoms with van der Waals surface area (Å²) in [5.41, 5.74) is 2.73. The van der Waals surface area contributed by atoms with Gasteiger partial charge in [-0.25, -0.2) is 0 Å². The third-order valence-corrected chi connectivity index (χ3v) is 3.35. The van der Waals surface area contributed by atoms with Crippen LogP contribution >= 0.6 is 0 Å². The molecular formula is C15H17NO3. The van der Waals surface area contributed by atoms with Crippen molar-refractivity contribution in [3.8, 4) is 0 Å². The number of hydrogen-bond acceptors (Lipinski definition) is 4. The van der Waals surface area contributed by atoms with Crippen LogP contribution in [0.5, 0.6) is 0 Å². The summed E-state index contributed by atoms with van der Waals surface area (Å²) in [5, 5.41) is 3.11. The van der Waals surface area contributed by atoms with Gasteiger partial charge in [0.25, 0.3) is 0 Å². The second-order valence-corrected chi connectivity index (χ2v) is 4.76. The maximum absolute atomic E-state index is 11.9. The van der Waals surface area contributed by atoms with Gasteiger partial charge in [-0.05, 0) is 39.8 Å². The highest BCUT2D eigenvalue weighted by Crippen LogP contribution is 2.38. The van der Waals surface area contributed by atoms with Crippen LogP contribution in [0.25, 0.3) is 0 Å². The Balaban J connectivity index is 2.65. The van der Waals surface area contributed by atoms with E-state index in [4.69, 9.17) is 4.42 Å². The normalized spacial score (nSPS) is 16.6. The monoisotopic (exact) mass is 259 g/mol. The molecule has 0 aromatic carbocycles. The maximum atomic E-state index is 11.9. The van der Waals surface area contributed by atoms with Crippen LogP contribution < -0.4 is 5.32 Å². The number of nitrogens with one attached hydrogen (secondary N) is 1. The zero-order valence-electron chi connectivity index (χ0n) is 11.5. The highest BCUT2D eigenvalue weighted by atomic mass is 16.3. The van der Waals surface area contributed by atoms with Crippen LogP contribution in [0.2, 0.25) is 0 Å². The van der Waals surface area contributed by atoms with E-state index in [2.05, 4.69) is 5.32 Å². The molecule has 0 unspecified atom stereocenters. The Morgan fingerprint density at radius 3 is 2.00 bits per heavy atom. The van der Waals surface area contributed by atoms with E-state index in [0.29, 0.717) is 16.9 Å². The van der Waals surface area contributed by atoms with Crippen molar-refractivity contribution in [3.05, 3.63) is 46.7 Å². The molecule has 0 bridgehead atoms. The van der Waals surface area contributed by atoms with E-state index in [1.165, 1.54) is 13.8 Å². The minimum atomic E-state index is -0.411. The molecule has 0 spiro atoms. The quantitative estimate of drug-likeness (QED) is 0.906. The first-order valence-corrected chi connectivity index (χ1v) is 6.17. The molecule has 1 N–H and O–H groups in total. The number of carbonyl (C=O) groups is 2. The van der Waals surface area contributed by atoms with Gasteiger partial charge in [-0.2, -0.15) is 0 Å². The molecule has 2 rings (SSSR count). The molecule has 0 aliphatic carbocycles. The Bertz CT molecular complexity index is 555. The fourth-order valence-corrected chi connectivity index (χ4v) is 2.67. The van der Waals surface area contributed by atoms with E-state index in [-0.39, 0.29) is 11.6 Å². The fraction of sp³-hybridized carbons (Fsp3) is 0.333. The molecule has 1 aliphatic heterocycles.